The summed E-state index contributed by atoms with van der Waals surface area (Å²) in [4.78, 5) is 2.53. The molecule has 5 heteroatoms. The Hall–Kier alpha value is -3.28. The van der Waals surface area contributed by atoms with Gasteiger partial charge in [-0.05, 0) is 60.1 Å². The van der Waals surface area contributed by atoms with Gasteiger partial charge in [0.2, 0.25) is 0 Å². The number of methoxy groups -OCH3 is 2. The summed E-state index contributed by atoms with van der Waals surface area (Å²) < 4.78 is 20.0. The van der Waals surface area contributed by atoms with Gasteiger partial charge in [0.25, 0.3) is 0 Å². The van der Waals surface area contributed by atoms with Crippen LogP contribution in [0.15, 0.2) is 96.3 Å². The highest BCUT2D eigenvalue weighted by atomic mass is 28.3. The molecule has 0 radical (unpaired) electrons. The van der Waals surface area contributed by atoms with Crippen LogP contribution in [-0.2, 0) is 16.6 Å². The molecule has 1 saturated heterocycles. The van der Waals surface area contributed by atoms with E-state index in [1.54, 1.807) is 7.11 Å². The third kappa shape index (κ3) is 2.56. The van der Waals surface area contributed by atoms with E-state index in [0.717, 1.165) is 36.6 Å². The number of piperidine rings is 1. The van der Waals surface area contributed by atoms with Crippen molar-refractivity contribution in [2.24, 2.45) is 0 Å². The summed E-state index contributed by atoms with van der Waals surface area (Å²) >= 11 is 0. The second-order valence-electron chi connectivity index (χ2n) is 11.0. The minimum Gasteiger partial charge on any atom is -0.497 e. The normalized spacial score (nSPS) is 27.5. The molecule has 188 valence electrons. The van der Waals surface area contributed by atoms with Crippen LogP contribution in [0, 0.1) is 0 Å². The fraction of sp³-hybridized carbons (Fsp3) is 0.312. The molecule has 0 amide bonds. The minimum absolute atomic E-state index is 0.325. The lowest BCUT2D eigenvalue weighted by molar-refractivity contribution is 0.0386. The average Bonchev–Trinajstić information content (AvgIpc) is 3.27. The Morgan fingerprint density at radius 2 is 1.57 bits per heavy atom. The van der Waals surface area contributed by atoms with E-state index in [1.165, 1.54) is 27.1 Å². The number of allylic oxidation sites excluding steroid dienone is 2. The van der Waals surface area contributed by atoms with Crippen molar-refractivity contribution in [2.75, 3.05) is 27.8 Å². The van der Waals surface area contributed by atoms with Gasteiger partial charge in [-0.2, -0.15) is 0 Å². The first-order valence-corrected chi connectivity index (χ1v) is 15.7. The number of hydrogen-bond donors (Lipinski definition) is 0. The summed E-state index contributed by atoms with van der Waals surface area (Å²) in [6.45, 7) is 3.50. The Labute approximate surface area is 220 Å². The molecule has 3 aromatic carbocycles. The van der Waals surface area contributed by atoms with Gasteiger partial charge >= 0.3 is 0 Å². The molecule has 4 nitrogen and oxygen atoms in total. The summed E-state index contributed by atoms with van der Waals surface area (Å²) in [6, 6.07) is 26.8. The number of hydrogen-bond acceptors (Lipinski definition) is 4. The van der Waals surface area contributed by atoms with Crippen LogP contribution < -0.4 is 19.8 Å². The summed E-state index contributed by atoms with van der Waals surface area (Å²) in [6.07, 6.45) is 6.52. The van der Waals surface area contributed by atoms with Crippen molar-refractivity contribution in [2.45, 2.75) is 36.1 Å². The number of likely N-dealkylation sites (tertiary alicyclic amines) is 1. The summed E-state index contributed by atoms with van der Waals surface area (Å²) in [5.41, 5.74) is 3.85. The van der Waals surface area contributed by atoms with E-state index < -0.39 is 13.3 Å². The van der Waals surface area contributed by atoms with Crippen molar-refractivity contribution in [3.8, 4) is 11.5 Å². The molecular formula is C32H33NO3Si. The van der Waals surface area contributed by atoms with Gasteiger partial charge in [-0.15, -0.1) is 0 Å². The van der Waals surface area contributed by atoms with E-state index >= 15 is 0 Å². The zero-order valence-corrected chi connectivity index (χ0v) is 23.0. The summed E-state index contributed by atoms with van der Waals surface area (Å²) in [5, 5.41) is 1.98. The number of nitrogens with zero attached hydrogens (tertiary/aromatic N) is 1. The van der Waals surface area contributed by atoms with E-state index in [9.17, 15) is 0 Å². The van der Waals surface area contributed by atoms with Gasteiger partial charge in [-0.1, -0.05) is 79.4 Å². The summed E-state index contributed by atoms with van der Waals surface area (Å²) in [7, 11) is 3.09. The SMILES string of the molecule is COC1=CC=C2[C@H]3Cc4ccc(OC)c5c4[C@@]2(CCN3C)[C@@]1([Si](C)(c1ccccc1)c1ccccc1)O5. The maximum Gasteiger partial charge on any atom is 0.176 e. The van der Waals surface area contributed by atoms with Crippen molar-refractivity contribution in [3.05, 3.63) is 107 Å². The molecule has 2 heterocycles. The van der Waals surface area contributed by atoms with E-state index in [0.29, 0.717) is 6.04 Å². The zero-order valence-electron chi connectivity index (χ0n) is 22.0. The topological polar surface area (TPSA) is 30.9 Å². The zero-order chi connectivity index (χ0) is 25.4. The van der Waals surface area contributed by atoms with E-state index in [4.69, 9.17) is 14.2 Å². The largest absolute Gasteiger partial charge is 0.497 e. The van der Waals surface area contributed by atoms with Crippen LogP contribution in [0.25, 0.3) is 0 Å². The molecule has 0 aromatic heterocycles. The molecule has 3 atom stereocenters. The van der Waals surface area contributed by atoms with E-state index in [-0.39, 0.29) is 5.41 Å². The Morgan fingerprint density at radius 1 is 0.892 bits per heavy atom. The van der Waals surface area contributed by atoms with Crippen molar-refractivity contribution in [3.63, 3.8) is 0 Å². The maximum atomic E-state index is 7.59. The van der Waals surface area contributed by atoms with Crippen molar-refractivity contribution in [1.29, 1.82) is 0 Å². The molecule has 1 fully saturated rings. The minimum atomic E-state index is -2.74. The van der Waals surface area contributed by atoms with Crippen molar-refractivity contribution >= 4 is 18.4 Å². The number of likely N-dealkylation sites (N-methyl/N-ethyl adjacent to an activating group) is 1. The molecule has 0 saturated carbocycles. The smallest absolute Gasteiger partial charge is 0.176 e. The summed E-state index contributed by atoms with van der Waals surface area (Å²) in [5.74, 6) is 2.64. The molecule has 4 aliphatic rings. The molecule has 0 unspecified atom stereocenters. The van der Waals surface area contributed by atoms with Gasteiger partial charge in [-0.25, -0.2) is 0 Å². The molecule has 3 aromatic rings. The quantitative estimate of drug-likeness (QED) is 0.484. The first-order chi connectivity index (χ1) is 18.0. The lowest BCUT2D eigenvalue weighted by Gasteiger charge is -2.61. The highest BCUT2D eigenvalue weighted by Crippen LogP contribution is 2.68. The van der Waals surface area contributed by atoms with Gasteiger partial charge in [-0.3, -0.25) is 4.90 Å². The standard InChI is InChI=1S/C32H33NO3Si/c1-33-20-19-31-25-16-18-28(35-3)32(31,36-30-27(34-2)17-15-22(29(30)31)21-26(25)33)37(4,23-11-7-5-8-12-23)24-13-9-6-10-14-24/h5-18,26H,19-21H2,1-4H3/t26-,31+,32-/m1/s1. The van der Waals surface area contributed by atoms with Crippen LogP contribution in [0.5, 0.6) is 11.5 Å². The monoisotopic (exact) mass is 507 g/mol. The number of rotatable bonds is 5. The average molecular weight is 508 g/mol. The van der Waals surface area contributed by atoms with Crippen LogP contribution in [0.2, 0.25) is 6.55 Å². The fourth-order valence-electron chi connectivity index (χ4n) is 8.11. The molecule has 7 rings (SSSR count). The second-order valence-corrected chi connectivity index (χ2v) is 15.1. The number of benzene rings is 3. The van der Waals surface area contributed by atoms with Crippen LogP contribution >= 0.6 is 0 Å². The molecular weight excluding hydrogens is 474 g/mol. The van der Waals surface area contributed by atoms with Crippen molar-refractivity contribution < 1.29 is 14.2 Å². The van der Waals surface area contributed by atoms with E-state index in [1.807, 2.05) is 7.11 Å². The van der Waals surface area contributed by atoms with Gasteiger partial charge in [0, 0.05) is 11.6 Å². The fourth-order valence-corrected chi connectivity index (χ4v) is 13.2. The van der Waals surface area contributed by atoms with Crippen LogP contribution in [0.4, 0.5) is 0 Å². The molecule has 0 N–H and O–H groups in total. The van der Waals surface area contributed by atoms with Gasteiger partial charge in [0.05, 0.1) is 19.6 Å². The number of ether oxygens (including phenoxy) is 3. The predicted molar refractivity (Wildman–Crippen MR) is 150 cm³/mol. The second kappa shape index (κ2) is 7.86. The van der Waals surface area contributed by atoms with Crippen LogP contribution in [0.3, 0.4) is 0 Å². The van der Waals surface area contributed by atoms with Gasteiger partial charge in [0.1, 0.15) is 5.76 Å². The third-order valence-electron chi connectivity index (χ3n) is 9.73. The molecule has 1 spiro atoms. The third-order valence-corrected chi connectivity index (χ3v) is 14.9. The predicted octanol–water partition coefficient (Wildman–Crippen LogP) is 4.23. The van der Waals surface area contributed by atoms with E-state index in [2.05, 4.69) is 103 Å². The highest BCUT2D eigenvalue weighted by molar-refractivity contribution is 7.04. The molecule has 37 heavy (non-hydrogen) atoms. The molecule has 2 aliphatic carbocycles. The molecule has 2 aliphatic heterocycles. The Bertz CT molecular complexity index is 1410. The Balaban J connectivity index is 1.66. The van der Waals surface area contributed by atoms with Crippen molar-refractivity contribution in [1.82, 2.24) is 4.90 Å². The molecule has 2 bridgehead atoms. The van der Waals surface area contributed by atoms with Gasteiger partial charge in [0.15, 0.2) is 24.8 Å². The van der Waals surface area contributed by atoms with Crippen LogP contribution in [0.1, 0.15) is 17.5 Å². The lowest BCUT2D eigenvalue weighted by Crippen LogP contribution is -2.82. The first-order valence-electron chi connectivity index (χ1n) is 13.2. The lowest BCUT2D eigenvalue weighted by atomic mass is 9.57. The Kier molecular flexibility index (Phi) is 4.86. The maximum absolute atomic E-state index is 7.59. The van der Waals surface area contributed by atoms with Gasteiger partial charge < -0.3 is 14.2 Å². The first kappa shape index (κ1) is 22.9. The van der Waals surface area contributed by atoms with Crippen LogP contribution in [-0.4, -0.2) is 52.1 Å². The Morgan fingerprint density at radius 3 is 2.19 bits per heavy atom. The highest BCUT2D eigenvalue weighted by Gasteiger charge is 2.77.